The monoisotopic (exact) mass is 326 g/mol. The van der Waals surface area contributed by atoms with Crippen molar-refractivity contribution in [2.45, 2.75) is 40.2 Å². The van der Waals surface area contributed by atoms with Gasteiger partial charge >= 0.3 is 0 Å². The standard InChI is InChI=1S/C16H27BrN2/c1-5-19(12-16(3,4)11-18)13(2)10-14-6-8-15(17)9-7-14/h6-9,13H,5,10-12,18H2,1-4H3. The van der Waals surface area contributed by atoms with Crippen molar-refractivity contribution in [1.29, 1.82) is 0 Å². The van der Waals surface area contributed by atoms with E-state index in [4.69, 9.17) is 5.73 Å². The number of halogens is 1. The lowest BCUT2D eigenvalue weighted by atomic mass is 9.92. The summed E-state index contributed by atoms with van der Waals surface area (Å²) in [6.45, 7) is 11.9. The van der Waals surface area contributed by atoms with Crippen molar-refractivity contribution >= 4 is 15.9 Å². The summed E-state index contributed by atoms with van der Waals surface area (Å²) < 4.78 is 1.14. The number of rotatable bonds is 7. The zero-order valence-corrected chi connectivity index (χ0v) is 14.2. The van der Waals surface area contributed by atoms with Crippen LogP contribution in [0.4, 0.5) is 0 Å². The predicted molar refractivity (Wildman–Crippen MR) is 87.4 cm³/mol. The van der Waals surface area contributed by atoms with Gasteiger partial charge in [-0.25, -0.2) is 0 Å². The molecule has 2 N–H and O–H groups in total. The van der Waals surface area contributed by atoms with E-state index in [0.717, 1.165) is 30.5 Å². The first-order valence-electron chi connectivity index (χ1n) is 7.06. The molecular weight excluding hydrogens is 300 g/mol. The first-order chi connectivity index (χ1) is 8.88. The second-order valence-electron chi connectivity index (χ2n) is 6.11. The highest BCUT2D eigenvalue weighted by molar-refractivity contribution is 9.10. The average Bonchev–Trinajstić information content (AvgIpc) is 2.38. The van der Waals surface area contributed by atoms with Gasteiger partial charge in [0.1, 0.15) is 0 Å². The smallest absolute Gasteiger partial charge is 0.0175 e. The van der Waals surface area contributed by atoms with Crippen molar-refractivity contribution in [2.24, 2.45) is 11.1 Å². The van der Waals surface area contributed by atoms with Crippen molar-refractivity contribution in [3.8, 4) is 0 Å². The Labute approximate surface area is 126 Å². The van der Waals surface area contributed by atoms with E-state index < -0.39 is 0 Å². The second kappa shape index (κ2) is 7.41. The SMILES string of the molecule is CCN(CC(C)(C)CN)C(C)Cc1ccc(Br)cc1. The van der Waals surface area contributed by atoms with Gasteiger partial charge in [0, 0.05) is 17.1 Å². The molecule has 19 heavy (non-hydrogen) atoms. The molecule has 1 aromatic rings. The number of benzene rings is 1. The average molecular weight is 327 g/mol. The van der Waals surface area contributed by atoms with E-state index in [1.807, 2.05) is 0 Å². The first kappa shape index (κ1) is 16.7. The number of nitrogens with zero attached hydrogens (tertiary/aromatic N) is 1. The summed E-state index contributed by atoms with van der Waals surface area (Å²) in [7, 11) is 0. The maximum Gasteiger partial charge on any atom is 0.0175 e. The Hall–Kier alpha value is -0.380. The summed E-state index contributed by atoms with van der Waals surface area (Å²) in [4.78, 5) is 2.52. The molecule has 1 atom stereocenters. The highest BCUT2D eigenvalue weighted by Gasteiger charge is 2.22. The highest BCUT2D eigenvalue weighted by Crippen LogP contribution is 2.19. The zero-order valence-electron chi connectivity index (χ0n) is 12.6. The number of nitrogens with two attached hydrogens (primary N) is 1. The molecule has 0 radical (unpaired) electrons. The molecule has 108 valence electrons. The minimum absolute atomic E-state index is 0.185. The maximum absolute atomic E-state index is 5.85. The van der Waals surface area contributed by atoms with Crippen molar-refractivity contribution in [1.82, 2.24) is 4.90 Å². The normalized spacial score (nSPS) is 13.8. The Bertz CT molecular complexity index is 373. The molecule has 0 bridgehead atoms. The molecule has 0 aromatic heterocycles. The van der Waals surface area contributed by atoms with Crippen LogP contribution in [0.3, 0.4) is 0 Å². The Balaban J connectivity index is 2.63. The molecule has 1 aromatic carbocycles. The van der Waals surface area contributed by atoms with Crippen LogP contribution in [-0.2, 0) is 6.42 Å². The van der Waals surface area contributed by atoms with Crippen molar-refractivity contribution < 1.29 is 0 Å². The van der Waals surface area contributed by atoms with E-state index in [2.05, 4.69) is 72.8 Å². The third-order valence-corrected chi connectivity index (χ3v) is 4.19. The minimum atomic E-state index is 0.185. The third kappa shape index (κ3) is 5.64. The first-order valence-corrected chi connectivity index (χ1v) is 7.86. The maximum atomic E-state index is 5.85. The van der Waals surface area contributed by atoms with Crippen LogP contribution in [0.5, 0.6) is 0 Å². The molecular formula is C16H27BrN2. The van der Waals surface area contributed by atoms with Gasteiger partial charge in [0.15, 0.2) is 0 Å². The molecule has 0 saturated heterocycles. The van der Waals surface area contributed by atoms with Crippen LogP contribution < -0.4 is 5.73 Å². The van der Waals surface area contributed by atoms with Crippen LogP contribution >= 0.6 is 15.9 Å². The quantitative estimate of drug-likeness (QED) is 0.828. The van der Waals surface area contributed by atoms with E-state index in [9.17, 15) is 0 Å². The highest BCUT2D eigenvalue weighted by atomic mass is 79.9. The fourth-order valence-electron chi connectivity index (χ4n) is 2.28. The Morgan fingerprint density at radius 1 is 1.26 bits per heavy atom. The van der Waals surface area contributed by atoms with E-state index in [0.29, 0.717) is 6.04 Å². The molecule has 0 aliphatic carbocycles. The van der Waals surface area contributed by atoms with Gasteiger partial charge in [0.05, 0.1) is 0 Å². The molecule has 0 fully saturated rings. The number of hydrogen-bond acceptors (Lipinski definition) is 2. The summed E-state index contributed by atoms with van der Waals surface area (Å²) in [5.41, 5.74) is 7.42. The summed E-state index contributed by atoms with van der Waals surface area (Å²) in [6.07, 6.45) is 1.09. The molecule has 0 aliphatic rings. The lowest BCUT2D eigenvalue weighted by molar-refractivity contribution is 0.147. The van der Waals surface area contributed by atoms with Gasteiger partial charge in [-0.05, 0) is 49.5 Å². The van der Waals surface area contributed by atoms with Gasteiger partial charge in [0.25, 0.3) is 0 Å². The minimum Gasteiger partial charge on any atom is -0.330 e. The molecule has 0 aliphatic heterocycles. The topological polar surface area (TPSA) is 29.3 Å². The fraction of sp³-hybridized carbons (Fsp3) is 0.625. The van der Waals surface area contributed by atoms with Crippen LogP contribution in [-0.4, -0.2) is 30.6 Å². The fourth-order valence-corrected chi connectivity index (χ4v) is 2.55. The van der Waals surface area contributed by atoms with Crippen molar-refractivity contribution in [3.05, 3.63) is 34.3 Å². The van der Waals surface area contributed by atoms with Crippen molar-refractivity contribution in [3.63, 3.8) is 0 Å². The number of hydrogen-bond donors (Lipinski definition) is 1. The summed E-state index contributed by atoms with van der Waals surface area (Å²) in [6, 6.07) is 9.16. The third-order valence-electron chi connectivity index (χ3n) is 3.66. The number of likely N-dealkylation sites (N-methyl/N-ethyl adjacent to an activating group) is 1. The summed E-state index contributed by atoms with van der Waals surface area (Å²) in [5, 5.41) is 0. The molecule has 0 spiro atoms. The van der Waals surface area contributed by atoms with Gasteiger partial charge in [-0.3, -0.25) is 0 Å². The van der Waals surface area contributed by atoms with E-state index in [1.54, 1.807) is 0 Å². The zero-order chi connectivity index (χ0) is 14.5. The van der Waals surface area contributed by atoms with Crippen LogP contribution in [0.15, 0.2) is 28.7 Å². The van der Waals surface area contributed by atoms with Gasteiger partial charge in [-0.15, -0.1) is 0 Å². The molecule has 0 saturated carbocycles. The van der Waals surface area contributed by atoms with E-state index in [1.165, 1.54) is 5.56 Å². The van der Waals surface area contributed by atoms with Gasteiger partial charge in [-0.2, -0.15) is 0 Å². The lowest BCUT2D eigenvalue weighted by Crippen LogP contribution is -2.43. The summed E-state index contributed by atoms with van der Waals surface area (Å²) in [5.74, 6) is 0. The van der Waals surface area contributed by atoms with Crippen LogP contribution in [0.1, 0.15) is 33.3 Å². The molecule has 2 nitrogen and oxygen atoms in total. The molecule has 1 unspecified atom stereocenters. The van der Waals surface area contributed by atoms with Crippen LogP contribution in [0.2, 0.25) is 0 Å². The Morgan fingerprint density at radius 2 is 1.84 bits per heavy atom. The van der Waals surface area contributed by atoms with Crippen molar-refractivity contribution in [2.75, 3.05) is 19.6 Å². The van der Waals surface area contributed by atoms with Crippen LogP contribution in [0, 0.1) is 5.41 Å². The summed E-state index contributed by atoms with van der Waals surface area (Å²) >= 11 is 3.48. The lowest BCUT2D eigenvalue weighted by Gasteiger charge is -2.35. The van der Waals surface area contributed by atoms with Gasteiger partial charge in [0.2, 0.25) is 0 Å². The Kier molecular flexibility index (Phi) is 6.51. The predicted octanol–water partition coefficient (Wildman–Crippen LogP) is 3.69. The van der Waals surface area contributed by atoms with E-state index in [-0.39, 0.29) is 5.41 Å². The molecule has 1 rings (SSSR count). The van der Waals surface area contributed by atoms with E-state index >= 15 is 0 Å². The Morgan fingerprint density at radius 3 is 2.32 bits per heavy atom. The molecule has 0 amide bonds. The van der Waals surface area contributed by atoms with Gasteiger partial charge < -0.3 is 10.6 Å². The molecule has 0 heterocycles. The van der Waals surface area contributed by atoms with Gasteiger partial charge in [-0.1, -0.05) is 48.8 Å². The second-order valence-corrected chi connectivity index (χ2v) is 7.03. The molecule has 3 heteroatoms. The largest absolute Gasteiger partial charge is 0.330 e. The van der Waals surface area contributed by atoms with Crippen LogP contribution in [0.25, 0.3) is 0 Å².